The normalized spacial score (nSPS) is 15.4. The Balaban J connectivity index is 1.32. The fraction of sp³-hybridized carbons (Fsp3) is 0.583. The van der Waals surface area contributed by atoms with Gasteiger partial charge in [0.1, 0.15) is 5.01 Å². The molecule has 1 fully saturated rings. The molecule has 4 rings (SSSR count). The first-order chi connectivity index (χ1) is 16.1. The summed E-state index contributed by atoms with van der Waals surface area (Å²) in [6, 6.07) is 5.86. The Bertz CT molecular complexity index is 958. The molecule has 9 heteroatoms. The second-order valence-corrected chi connectivity index (χ2v) is 9.59. The smallest absolute Gasteiger partial charge is 0.231 e. The van der Waals surface area contributed by atoms with E-state index in [1.54, 1.807) is 0 Å². The molecule has 2 amide bonds. The van der Waals surface area contributed by atoms with Gasteiger partial charge in [-0.15, -0.1) is 10.2 Å². The Morgan fingerprint density at radius 1 is 1.09 bits per heavy atom. The van der Waals surface area contributed by atoms with Crippen LogP contribution in [0, 0.1) is 0 Å². The Labute approximate surface area is 198 Å². The summed E-state index contributed by atoms with van der Waals surface area (Å²) in [5.74, 6) is 1.43. The van der Waals surface area contributed by atoms with E-state index in [9.17, 15) is 9.59 Å². The number of benzene rings is 1. The standard InChI is InChI=1S/C24H32N4O4S/c1-2-3-5-10-22(30)28(18-8-6-4-7-9-18)14-13-21(29)25-24-27-26-23(33-24)17-11-12-19-20(15-17)32-16-31-19/h11-12,15,18H,2-10,13-14,16H2,1H3,(H,25,27,29). The van der Waals surface area contributed by atoms with Crippen molar-refractivity contribution >= 4 is 28.3 Å². The number of aromatic nitrogens is 2. The lowest BCUT2D eigenvalue weighted by Gasteiger charge is -2.34. The zero-order valence-electron chi connectivity index (χ0n) is 19.2. The Morgan fingerprint density at radius 3 is 2.73 bits per heavy atom. The highest BCUT2D eigenvalue weighted by atomic mass is 32.1. The predicted molar refractivity (Wildman–Crippen MR) is 127 cm³/mol. The number of hydrogen-bond donors (Lipinski definition) is 1. The number of anilines is 1. The van der Waals surface area contributed by atoms with Crippen molar-refractivity contribution in [2.75, 3.05) is 18.7 Å². The molecule has 0 unspecified atom stereocenters. The van der Waals surface area contributed by atoms with Gasteiger partial charge in [-0.1, -0.05) is 50.4 Å². The molecule has 8 nitrogen and oxygen atoms in total. The van der Waals surface area contributed by atoms with Crippen molar-refractivity contribution in [3.05, 3.63) is 18.2 Å². The summed E-state index contributed by atoms with van der Waals surface area (Å²) in [6.07, 6.45) is 9.52. The maximum absolute atomic E-state index is 12.9. The number of fused-ring (bicyclic) bond motifs is 1. The van der Waals surface area contributed by atoms with Gasteiger partial charge in [-0.2, -0.15) is 0 Å². The van der Waals surface area contributed by atoms with Crippen LogP contribution in [0.15, 0.2) is 18.2 Å². The molecule has 0 radical (unpaired) electrons. The van der Waals surface area contributed by atoms with Gasteiger partial charge < -0.3 is 19.7 Å². The number of nitrogens with one attached hydrogen (secondary N) is 1. The zero-order valence-corrected chi connectivity index (χ0v) is 20.0. The van der Waals surface area contributed by atoms with Crippen LogP contribution < -0.4 is 14.8 Å². The lowest BCUT2D eigenvalue weighted by molar-refractivity contribution is -0.134. The first-order valence-corrected chi connectivity index (χ1v) is 12.8. The molecule has 0 spiro atoms. The van der Waals surface area contributed by atoms with Crippen LogP contribution >= 0.6 is 11.3 Å². The third-order valence-electron chi connectivity index (χ3n) is 6.20. The zero-order chi connectivity index (χ0) is 23.0. The summed E-state index contributed by atoms with van der Waals surface area (Å²) in [5.41, 5.74) is 0.860. The maximum atomic E-state index is 12.9. The van der Waals surface area contributed by atoms with E-state index < -0.39 is 0 Å². The maximum Gasteiger partial charge on any atom is 0.231 e. The lowest BCUT2D eigenvalue weighted by atomic mass is 9.93. The number of carbonyl (C=O) groups is 2. The fourth-order valence-electron chi connectivity index (χ4n) is 4.40. The molecule has 33 heavy (non-hydrogen) atoms. The Kier molecular flexibility index (Phi) is 8.15. The van der Waals surface area contributed by atoms with Crippen LogP contribution in [0.3, 0.4) is 0 Å². The van der Waals surface area contributed by atoms with E-state index in [-0.39, 0.29) is 31.1 Å². The number of rotatable bonds is 10. The molecule has 1 aliphatic heterocycles. The number of amides is 2. The van der Waals surface area contributed by atoms with Gasteiger partial charge in [0.2, 0.25) is 23.7 Å². The van der Waals surface area contributed by atoms with Gasteiger partial charge in [0, 0.05) is 31.0 Å². The summed E-state index contributed by atoms with van der Waals surface area (Å²) in [6.45, 7) is 2.81. The SMILES string of the molecule is CCCCCC(=O)N(CCC(=O)Nc1nnc(-c2ccc3c(c2)OCO3)s1)C1CCCCC1. The van der Waals surface area contributed by atoms with Crippen LogP contribution in [-0.2, 0) is 9.59 Å². The van der Waals surface area contributed by atoms with Gasteiger partial charge in [0.15, 0.2) is 11.5 Å². The monoisotopic (exact) mass is 472 g/mol. The summed E-state index contributed by atoms with van der Waals surface area (Å²) >= 11 is 1.31. The minimum atomic E-state index is -0.148. The van der Waals surface area contributed by atoms with Crippen molar-refractivity contribution in [3.63, 3.8) is 0 Å². The van der Waals surface area contributed by atoms with Crippen molar-refractivity contribution in [2.45, 2.75) is 77.2 Å². The number of unbranched alkanes of at least 4 members (excludes halogenated alkanes) is 2. The van der Waals surface area contributed by atoms with Crippen LogP contribution in [0.2, 0.25) is 0 Å². The van der Waals surface area contributed by atoms with E-state index >= 15 is 0 Å². The molecule has 2 aromatic rings. The van der Waals surface area contributed by atoms with Gasteiger partial charge in [0.05, 0.1) is 0 Å². The Morgan fingerprint density at radius 2 is 1.91 bits per heavy atom. The average Bonchev–Trinajstić information content (AvgIpc) is 3.49. The van der Waals surface area contributed by atoms with Gasteiger partial charge >= 0.3 is 0 Å². The van der Waals surface area contributed by atoms with Gasteiger partial charge in [0.25, 0.3) is 0 Å². The van der Waals surface area contributed by atoms with E-state index in [1.807, 2.05) is 23.1 Å². The van der Waals surface area contributed by atoms with Crippen molar-refractivity contribution < 1.29 is 19.1 Å². The topological polar surface area (TPSA) is 93.7 Å². The van der Waals surface area contributed by atoms with Crippen LogP contribution in [0.4, 0.5) is 5.13 Å². The molecular formula is C24H32N4O4S. The van der Waals surface area contributed by atoms with Crippen molar-refractivity contribution in [1.29, 1.82) is 0 Å². The number of ether oxygens (including phenoxy) is 2. The minimum absolute atomic E-state index is 0.148. The van der Waals surface area contributed by atoms with E-state index in [4.69, 9.17) is 9.47 Å². The number of carbonyl (C=O) groups excluding carboxylic acids is 2. The van der Waals surface area contributed by atoms with Crippen LogP contribution in [0.25, 0.3) is 10.6 Å². The molecule has 0 atom stereocenters. The first kappa shape index (κ1) is 23.5. The average molecular weight is 473 g/mol. The molecule has 1 aliphatic carbocycles. The molecule has 1 aromatic carbocycles. The third-order valence-corrected chi connectivity index (χ3v) is 7.09. The highest BCUT2D eigenvalue weighted by Gasteiger charge is 2.25. The second-order valence-electron chi connectivity index (χ2n) is 8.61. The molecule has 1 saturated carbocycles. The molecule has 0 saturated heterocycles. The molecule has 1 aromatic heterocycles. The molecule has 1 N–H and O–H groups in total. The highest BCUT2D eigenvalue weighted by Crippen LogP contribution is 2.37. The van der Waals surface area contributed by atoms with Gasteiger partial charge in [-0.3, -0.25) is 9.59 Å². The Hall–Kier alpha value is -2.68. The van der Waals surface area contributed by atoms with E-state index in [0.717, 1.165) is 50.5 Å². The number of nitrogens with zero attached hydrogens (tertiary/aromatic N) is 3. The molecule has 0 bridgehead atoms. The third kappa shape index (κ3) is 6.22. The molecule has 2 heterocycles. The van der Waals surface area contributed by atoms with Crippen LogP contribution in [0.5, 0.6) is 11.5 Å². The molecule has 178 valence electrons. The second kappa shape index (κ2) is 11.4. The van der Waals surface area contributed by atoms with Crippen LogP contribution in [0.1, 0.15) is 71.1 Å². The summed E-state index contributed by atoms with van der Waals surface area (Å²) < 4.78 is 10.8. The quantitative estimate of drug-likeness (QED) is 0.489. The van der Waals surface area contributed by atoms with Crippen molar-refractivity contribution in [3.8, 4) is 22.1 Å². The van der Waals surface area contributed by atoms with Gasteiger partial charge in [-0.05, 0) is 37.5 Å². The largest absolute Gasteiger partial charge is 0.454 e. The van der Waals surface area contributed by atoms with Gasteiger partial charge in [-0.25, -0.2) is 0 Å². The summed E-state index contributed by atoms with van der Waals surface area (Å²) in [7, 11) is 0. The molecular weight excluding hydrogens is 440 g/mol. The molecule has 2 aliphatic rings. The fourth-order valence-corrected chi connectivity index (χ4v) is 5.15. The number of hydrogen-bond acceptors (Lipinski definition) is 7. The first-order valence-electron chi connectivity index (χ1n) is 12.0. The van der Waals surface area contributed by atoms with E-state index in [1.165, 1.54) is 17.8 Å². The van der Waals surface area contributed by atoms with E-state index in [2.05, 4.69) is 22.4 Å². The van der Waals surface area contributed by atoms with E-state index in [0.29, 0.717) is 34.6 Å². The van der Waals surface area contributed by atoms with Crippen LogP contribution in [-0.4, -0.2) is 46.3 Å². The highest BCUT2D eigenvalue weighted by molar-refractivity contribution is 7.18. The van der Waals surface area contributed by atoms with Crippen molar-refractivity contribution in [2.24, 2.45) is 0 Å². The summed E-state index contributed by atoms with van der Waals surface area (Å²) in [4.78, 5) is 27.5. The lowest BCUT2D eigenvalue weighted by Crippen LogP contribution is -2.42. The minimum Gasteiger partial charge on any atom is -0.454 e. The summed E-state index contributed by atoms with van der Waals surface area (Å²) in [5, 5.41) is 12.3. The predicted octanol–water partition coefficient (Wildman–Crippen LogP) is 5.00. The van der Waals surface area contributed by atoms with Crippen molar-refractivity contribution in [1.82, 2.24) is 15.1 Å².